The van der Waals surface area contributed by atoms with Gasteiger partial charge >= 0.3 is 0 Å². The van der Waals surface area contributed by atoms with Crippen LogP contribution in [-0.4, -0.2) is 30.3 Å². The van der Waals surface area contributed by atoms with Crippen LogP contribution in [0.5, 0.6) is 11.6 Å². The molecular weight excluding hydrogens is 404 g/mol. The number of sulfonamides is 1. The predicted octanol–water partition coefficient (Wildman–Crippen LogP) is 3.60. The Labute approximate surface area is 175 Å². The van der Waals surface area contributed by atoms with E-state index in [1.807, 2.05) is 6.92 Å². The van der Waals surface area contributed by atoms with Crippen LogP contribution in [0.15, 0.2) is 72.0 Å². The first-order chi connectivity index (χ1) is 14.4. The molecule has 0 saturated carbocycles. The van der Waals surface area contributed by atoms with E-state index in [2.05, 4.69) is 20.0 Å². The fourth-order valence-corrected chi connectivity index (χ4v) is 3.83. The van der Waals surface area contributed by atoms with E-state index in [0.29, 0.717) is 29.3 Å². The molecule has 1 amide bonds. The molecule has 2 aromatic carbocycles. The molecule has 0 bridgehead atoms. The largest absolute Gasteiger partial charge is 0.437 e. The predicted molar refractivity (Wildman–Crippen MR) is 113 cm³/mol. The molecule has 0 aliphatic carbocycles. The SMILES string of the molecule is CCC(C)NS(=O)(=O)c1ccc(C(=O)Nc2cccc(Oc3cnccn3)c2)cc1. The molecule has 0 fully saturated rings. The van der Waals surface area contributed by atoms with Gasteiger partial charge in [0, 0.05) is 35.8 Å². The third-order valence-electron chi connectivity index (χ3n) is 4.25. The number of hydrogen-bond acceptors (Lipinski definition) is 6. The van der Waals surface area contributed by atoms with Crippen LogP contribution < -0.4 is 14.8 Å². The zero-order valence-electron chi connectivity index (χ0n) is 16.6. The Hall–Kier alpha value is -3.30. The molecule has 9 heteroatoms. The Balaban J connectivity index is 1.68. The highest BCUT2D eigenvalue weighted by Gasteiger charge is 2.17. The Kier molecular flexibility index (Phi) is 6.76. The number of hydrogen-bond donors (Lipinski definition) is 2. The van der Waals surface area contributed by atoms with Crippen molar-refractivity contribution in [1.29, 1.82) is 0 Å². The smallest absolute Gasteiger partial charge is 0.255 e. The average molecular weight is 426 g/mol. The van der Waals surface area contributed by atoms with Crippen LogP contribution in [-0.2, 0) is 10.0 Å². The summed E-state index contributed by atoms with van der Waals surface area (Å²) in [7, 11) is -3.62. The first-order valence-electron chi connectivity index (χ1n) is 9.35. The molecule has 0 saturated heterocycles. The third kappa shape index (κ3) is 5.62. The lowest BCUT2D eigenvalue weighted by atomic mass is 10.2. The maximum Gasteiger partial charge on any atom is 0.255 e. The van der Waals surface area contributed by atoms with Crippen molar-refractivity contribution in [2.75, 3.05) is 5.32 Å². The molecule has 1 heterocycles. The minimum absolute atomic E-state index is 0.110. The van der Waals surface area contributed by atoms with Gasteiger partial charge in [-0.05, 0) is 49.7 Å². The van der Waals surface area contributed by atoms with Gasteiger partial charge in [-0.2, -0.15) is 0 Å². The molecule has 8 nitrogen and oxygen atoms in total. The fourth-order valence-electron chi connectivity index (χ4n) is 2.50. The highest BCUT2D eigenvalue weighted by Crippen LogP contribution is 2.22. The summed E-state index contributed by atoms with van der Waals surface area (Å²) in [5, 5.41) is 2.76. The standard InChI is InChI=1S/C21H22N4O4S/c1-3-15(2)25-30(27,28)19-9-7-16(8-10-19)21(26)24-17-5-4-6-18(13-17)29-20-14-22-11-12-23-20/h4-15,25H,3H2,1-2H3,(H,24,26). The lowest BCUT2D eigenvalue weighted by Crippen LogP contribution is -2.32. The number of ether oxygens (including phenoxy) is 1. The minimum Gasteiger partial charge on any atom is -0.437 e. The average Bonchev–Trinajstić information content (AvgIpc) is 2.74. The number of amides is 1. The molecule has 0 radical (unpaired) electrons. The molecule has 0 aliphatic rings. The van der Waals surface area contributed by atoms with Crippen molar-refractivity contribution < 1.29 is 17.9 Å². The van der Waals surface area contributed by atoms with E-state index in [1.165, 1.54) is 36.7 Å². The molecule has 1 aromatic heterocycles. The minimum atomic E-state index is -3.62. The van der Waals surface area contributed by atoms with Gasteiger partial charge in [-0.15, -0.1) is 0 Å². The Bertz CT molecular complexity index is 1100. The Morgan fingerprint density at radius 3 is 2.57 bits per heavy atom. The van der Waals surface area contributed by atoms with Crippen molar-refractivity contribution in [2.45, 2.75) is 31.2 Å². The molecule has 0 spiro atoms. The van der Waals surface area contributed by atoms with E-state index >= 15 is 0 Å². The number of aromatic nitrogens is 2. The number of carbonyl (C=O) groups excluding carboxylic acids is 1. The van der Waals surface area contributed by atoms with Crippen LogP contribution in [0.25, 0.3) is 0 Å². The molecule has 30 heavy (non-hydrogen) atoms. The van der Waals surface area contributed by atoms with E-state index in [1.54, 1.807) is 37.4 Å². The molecular formula is C21H22N4O4S. The number of nitrogens with zero attached hydrogens (tertiary/aromatic N) is 2. The zero-order valence-corrected chi connectivity index (χ0v) is 17.4. The normalized spacial score (nSPS) is 12.2. The fraction of sp³-hybridized carbons (Fsp3) is 0.190. The number of nitrogens with one attached hydrogen (secondary N) is 2. The van der Waals surface area contributed by atoms with Gasteiger partial charge in [-0.3, -0.25) is 9.78 Å². The first-order valence-corrected chi connectivity index (χ1v) is 10.8. The highest BCUT2D eigenvalue weighted by molar-refractivity contribution is 7.89. The van der Waals surface area contributed by atoms with Gasteiger partial charge in [-0.1, -0.05) is 13.0 Å². The second kappa shape index (κ2) is 9.47. The zero-order chi connectivity index (χ0) is 21.6. The van der Waals surface area contributed by atoms with Gasteiger partial charge < -0.3 is 10.1 Å². The van der Waals surface area contributed by atoms with Crippen molar-refractivity contribution in [1.82, 2.24) is 14.7 Å². The van der Waals surface area contributed by atoms with Gasteiger partial charge in [0.05, 0.1) is 11.1 Å². The van der Waals surface area contributed by atoms with E-state index in [-0.39, 0.29) is 16.8 Å². The molecule has 156 valence electrons. The first kappa shape index (κ1) is 21.4. The lowest BCUT2D eigenvalue weighted by molar-refractivity contribution is 0.102. The number of anilines is 1. The number of carbonyl (C=O) groups is 1. The van der Waals surface area contributed by atoms with Crippen molar-refractivity contribution in [2.24, 2.45) is 0 Å². The molecule has 1 unspecified atom stereocenters. The van der Waals surface area contributed by atoms with E-state index < -0.39 is 10.0 Å². The third-order valence-corrected chi connectivity index (χ3v) is 5.85. The van der Waals surface area contributed by atoms with Crippen molar-refractivity contribution in [3.05, 3.63) is 72.7 Å². The van der Waals surface area contributed by atoms with Crippen LogP contribution >= 0.6 is 0 Å². The topological polar surface area (TPSA) is 110 Å². The van der Waals surface area contributed by atoms with Crippen molar-refractivity contribution >= 4 is 21.6 Å². The summed E-state index contributed by atoms with van der Waals surface area (Å²) in [6, 6.07) is 12.4. The van der Waals surface area contributed by atoms with Crippen LogP contribution in [0.3, 0.4) is 0 Å². The lowest BCUT2D eigenvalue weighted by Gasteiger charge is -2.12. The second-order valence-electron chi connectivity index (χ2n) is 6.58. The van der Waals surface area contributed by atoms with Gasteiger partial charge in [0.1, 0.15) is 5.75 Å². The summed E-state index contributed by atoms with van der Waals surface area (Å²) >= 11 is 0. The van der Waals surface area contributed by atoms with Crippen LogP contribution in [0, 0.1) is 0 Å². The summed E-state index contributed by atoms with van der Waals surface area (Å²) in [6.07, 6.45) is 5.22. The molecule has 1 atom stereocenters. The second-order valence-corrected chi connectivity index (χ2v) is 8.30. The van der Waals surface area contributed by atoms with Crippen molar-refractivity contribution in [3.63, 3.8) is 0 Å². The Morgan fingerprint density at radius 2 is 1.90 bits per heavy atom. The van der Waals surface area contributed by atoms with Gasteiger partial charge in [0.25, 0.3) is 5.91 Å². The van der Waals surface area contributed by atoms with Gasteiger partial charge in [-0.25, -0.2) is 18.1 Å². The van der Waals surface area contributed by atoms with E-state index in [0.717, 1.165) is 0 Å². The quantitative estimate of drug-likeness (QED) is 0.569. The van der Waals surface area contributed by atoms with Crippen molar-refractivity contribution in [3.8, 4) is 11.6 Å². The summed E-state index contributed by atoms with van der Waals surface area (Å²) in [4.78, 5) is 20.6. The maximum absolute atomic E-state index is 12.5. The summed E-state index contributed by atoms with van der Waals surface area (Å²) in [5.41, 5.74) is 0.856. The van der Waals surface area contributed by atoms with Gasteiger partial charge in [0.2, 0.25) is 15.9 Å². The number of rotatable bonds is 8. The number of benzene rings is 2. The van der Waals surface area contributed by atoms with E-state index in [9.17, 15) is 13.2 Å². The summed E-state index contributed by atoms with van der Waals surface area (Å²) in [5.74, 6) is 0.458. The Morgan fingerprint density at radius 1 is 1.13 bits per heavy atom. The van der Waals surface area contributed by atoms with Crippen LogP contribution in [0.4, 0.5) is 5.69 Å². The van der Waals surface area contributed by atoms with Crippen LogP contribution in [0.2, 0.25) is 0 Å². The van der Waals surface area contributed by atoms with Crippen LogP contribution in [0.1, 0.15) is 30.6 Å². The van der Waals surface area contributed by atoms with E-state index in [4.69, 9.17) is 4.74 Å². The van der Waals surface area contributed by atoms with Gasteiger partial charge in [0.15, 0.2) is 0 Å². The summed E-state index contributed by atoms with van der Waals surface area (Å²) < 4.78 is 32.8. The summed E-state index contributed by atoms with van der Waals surface area (Å²) in [6.45, 7) is 3.69. The monoisotopic (exact) mass is 426 g/mol. The molecule has 0 aliphatic heterocycles. The molecule has 3 rings (SSSR count). The molecule has 3 aromatic rings. The highest BCUT2D eigenvalue weighted by atomic mass is 32.2. The molecule has 2 N–H and O–H groups in total. The maximum atomic E-state index is 12.5.